The van der Waals surface area contributed by atoms with E-state index in [9.17, 15) is 4.79 Å². The van der Waals surface area contributed by atoms with E-state index < -0.39 is 0 Å². The Morgan fingerprint density at radius 2 is 2.39 bits per heavy atom. The van der Waals surface area contributed by atoms with Crippen LogP contribution in [0.1, 0.15) is 19.3 Å². The number of hydrogen-bond acceptors (Lipinski definition) is 3. The Morgan fingerprint density at radius 3 is 3.06 bits per heavy atom. The second kappa shape index (κ2) is 5.89. The third-order valence-electron chi connectivity index (χ3n) is 3.11. The van der Waals surface area contributed by atoms with Crippen molar-refractivity contribution in [2.45, 2.75) is 25.3 Å². The minimum absolute atomic E-state index is 0.0236. The maximum atomic E-state index is 11.9. The van der Waals surface area contributed by atoms with Crippen molar-refractivity contribution in [1.29, 1.82) is 0 Å². The van der Waals surface area contributed by atoms with E-state index in [0.717, 1.165) is 30.3 Å². The number of hydrogen-bond donors (Lipinski definition) is 1. The van der Waals surface area contributed by atoms with Crippen molar-refractivity contribution in [3.05, 3.63) is 21.8 Å². The molecule has 1 saturated heterocycles. The molecule has 18 heavy (non-hydrogen) atoms. The first-order chi connectivity index (χ1) is 8.63. The highest BCUT2D eigenvalue weighted by molar-refractivity contribution is 9.10. The van der Waals surface area contributed by atoms with Crippen LogP contribution >= 0.6 is 27.5 Å². The smallest absolute Gasteiger partial charge is 0.242 e. The van der Waals surface area contributed by atoms with Gasteiger partial charge in [0.1, 0.15) is 11.9 Å². The molecule has 1 atom stereocenters. The molecule has 1 aromatic heterocycles. The van der Waals surface area contributed by atoms with Gasteiger partial charge in [0.2, 0.25) is 5.91 Å². The maximum absolute atomic E-state index is 11.9. The van der Waals surface area contributed by atoms with Crippen LogP contribution in [0.2, 0.25) is 5.02 Å². The summed E-state index contributed by atoms with van der Waals surface area (Å²) in [4.78, 5) is 18.2. The first-order valence-corrected chi connectivity index (χ1v) is 7.10. The average Bonchev–Trinajstić information content (AvgIpc) is 2.38. The first kappa shape index (κ1) is 13.6. The molecule has 4 nitrogen and oxygen atoms in total. The Balaban J connectivity index is 2.30. The van der Waals surface area contributed by atoms with Crippen LogP contribution < -0.4 is 10.2 Å². The molecule has 0 bridgehead atoms. The van der Waals surface area contributed by atoms with Crippen molar-refractivity contribution in [1.82, 2.24) is 10.3 Å². The predicted molar refractivity (Wildman–Crippen MR) is 76.0 cm³/mol. The number of amides is 1. The number of likely N-dealkylation sites (N-methyl/N-ethyl adjacent to an activating group) is 1. The lowest BCUT2D eigenvalue weighted by Crippen LogP contribution is -2.49. The monoisotopic (exact) mass is 331 g/mol. The summed E-state index contributed by atoms with van der Waals surface area (Å²) in [5.41, 5.74) is 0. The topological polar surface area (TPSA) is 45.2 Å². The molecule has 0 saturated carbocycles. The van der Waals surface area contributed by atoms with Gasteiger partial charge in [0.05, 0.1) is 5.02 Å². The van der Waals surface area contributed by atoms with Crippen LogP contribution in [-0.2, 0) is 4.79 Å². The number of pyridine rings is 1. The van der Waals surface area contributed by atoms with Gasteiger partial charge in [-0.25, -0.2) is 4.98 Å². The molecule has 1 amide bonds. The summed E-state index contributed by atoms with van der Waals surface area (Å²) in [5, 5.41) is 3.27. The zero-order valence-corrected chi connectivity index (χ0v) is 12.5. The fourth-order valence-electron chi connectivity index (χ4n) is 2.24. The minimum atomic E-state index is -0.171. The van der Waals surface area contributed by atoms with Gasteiger partial charge in [-0.15, -0.1) is 0 Å². The van der Waals surface area contributed by atoms with E-state index in [1.54, 1.807) is 19.3 Å². The van der Waals surface area contributed by atoms with Gasteiger partial charge >= 0.3 is 0 Å². The van der Waals surface area contributed by atoms with Crippen LogP contribution in [0.25, 0.3) is 0 Å². The highest BCUT2D eigenvalue weighted by Crippen LogP contribution is 2.30. The lowest BCUT2D eigenvalue weighted by atomic mass is 10.0. The van der Waals surface area contributed by atoms with Crippen molar-refractivity contribution < 1.29 is 4.79 Å². The van der Waals surface area contributed by atoms with E-state index >= 15 is 0 Å². The number of piperidine rings is 1. The molecular formula is C12H15BrClN3O. The van der Waals surface area contributed by atoms with Gasteiger partial charge in [0.25, 0.3) is 0 Å². The van der Waals surface area contributed by atoms with Crippen LogP contribution in [0.3, 0.4) is 0 Å². The Hall–Kier alpha value is -0.810. The summed E-state index contributed by atoms with van der Waals surface area (Å²) < 4.78 is 0.838. The molecule has 2 heterocycles. The number of carbonyl (C=O) groups is 1. The standard InChI is InChI=1S/C12H15BrClN3O/c1-15-12(18)10-4-2-3-5-17(10)11-9(14)6-8(13)7-16-11/h6-7,10H,2-5H2,1H3,(H,15,18). The van der Waals surface area contributed by atoms with Crippen LogP contribution in [0.5, 0.6) is 0 Å². The molecule has 0 spiro atoms. The third kappa shape index (κ3) is 2.78. The van der Waals surface area contributed by atoms with Crippen molar-refractivity contribution in [3.8, 4) is 0 Å². The molecular weight excluding hydrogens is 318 g/mol. The van der Waals surface area contributed by atoms with Gasteiger partial charge in [0, 0.05) is 24.3 Å². The highest BCUT2D eigenvalue weighted by atomic mass is 79.9. The minimum Gasteiger partial charge on any atom is -0.357 e. The summed E-state index contributed by atoms with van der Waals surface area (Å²) in [7, 11) is 1.66. The van der Waals surface area contributed by atoms with Crippen LogP contribution in [-0.4, -0.2) is 30.5 Å². The predicted octanol–water partition coefficient (Wildman–Crippen LogP) is 2.60. The largest absolute Gasteiger partial charge is 0.357 e. The van der Waals surface area contributed by atoms with Gasteiger partial charge in [0.15, 0.2) is 0 Å². The van der Waals surface area contributed by atoms with Crippen molar-refractivity contribution in [2.24, 2.45) is 0 Å². The van der Waals surface area contributed by atoms with Crippen molar-refractivity contribution in [3.63, 3.8) is 0 Å². The Kier molecular flexibility index (Phi) is 4.45. The normalized spacial score (nSPS) is 19.7. The molecule has 0 aromatic carbocycles. The van der Waals surface area contributed by atoms with Gasteiger partial charge < -0.3 is 10.2 Å². The van der Waals surface area contributed by atoms with E-state index in [-0.39, 0.29) is 11.9 Å². The van der Waals surface area contributed by atoms with Crippen molar-refractivity contribution in [2.75, 3.05) is 18.5 Å². The van der Waals surface area contributed by atoms with E-state index in [4.69, 9.17) is 11.6 Å². The van der Waals surface area contributed by atoms with Gasteiger partial charge in [-0.05, 0) is 41.3 Å². The summed E-state index contributed by atoms with van der Waals surface area (Å²) in [6.07, 6.45) is 4.66. The maximum Gasteiger partial charge on any atom is 0.242 e. The molecule has 1 aliphatic rings. The lowest BCUT2D eigenvalue weighted by Gasteiger charge is -2.35. The number of aromatic nitrogens is 1. The van der Waals surface area contributed by atoms with Crippen LogP contribution in [0.4, 0.5) is 5.82 Å². The summed E-state index contributed by atoms with van der Waals surface area (Å²) in [6.45, 7) is 0.812. The molecule has 1 N–H and O–H groups in total. The number of nitrogens with one attached hydrogen (secondary N) is 1. The molecule has 6 heteroatoms. The zero-order chi connectivity index (χ0) is 13.1. The second-order valence-electron chi connectivity index (χ2n) is 4.28. The van der Waals surface area contributed by atoms with Gasteiger partial charge in [-0.1, -0.05) is 11.6 Å². The Labute approximate surface area is 120 Å². The van der Waals surface area contributed by atoms with Crippen LogP contribution in [0, 0.1) is 0 Å². The number of nitrogens with zero attached hydrogens (tertiary/aromatic N) is 2. The quantitative estimate of drug-likeness (QED) is 0.905. The fourth-order valence-corrected chi connectivity index (χ4v) is 2.98. The Morgan fingerprint density at radius 1 is 1.61 bits per heavy atom. The second-order valence-corrected chi connectivity index (χ2v) is 5.60. The first-order valence-electron chi connectivity index (χ1n) is 5.92. The lowest BCUT2D eigenvalue weighted by molar-refractivity contribution is -0.122. The van der Waals surface area contributed by atoms with E-state index in [1.165, 1.54) is 0 Å². The molecule has 1 aromatic rings. The number of carbonyl (C=O) groups excluding carboxylic acids is 1. The fraction of sp³-hybridized carbons (Fsp3) is 0.500. The zero-order valence-electron chi connectivity index (χ0n) is 10.1. The molecule has 0 aliphatic carbocycles. The SMILES string of the molecule is CNC(=O)C1CCCCN1c1ncc(Br)cc1Cl. The van der Waals surface area contributed by atoms with Crippen LogP contribution in [0.15, 0.2) is 16.7 Å². The highest BCUT2D eigenvalue weighted by Gasteiger charge is 2.30. The molecule has 2 rings (SSSR count). The van der Waals surface area contributed by atoms with Gasteiger partial charge in [-0.3, -0.25) is 4.79 Å². The third-order valence-corrected chi connectivity index (χ3v) is 3.82. The number of halogens is 2. The summed E-state index contributed by atoms with van der Waals surface area (Å²) in [5.74, 6) is 0.712. The van der Waals surface area contributed by atoms with E-state index in [0.29, 0.717) is 10.8 Å². The number of rotatable bonds is 2. The summed E-state index contributed by atoms with van der Waals surface area (Å²) >= 11 is 9.54. The molecule has 0 radical (unpaired) electrons. The number of anilines is 1. The molecule has 1 fully saturated rings. The molecule has 1 aliphatic heterocycles. The molecule has 98 valence electrons. The van der Waals surface area contributed by atoms with E-state index in [1.807, 2.05) is 4.90 Å². The van der Waals surface area contributed by atoms with Crippen molar-refractivity contribution >= 4 is 39.3 Å². The molecule has 1 unspecified atom stereocenters. The summed E-state index contributed by atoms with van der Waals surface area (Å²) in [6, 6.07) is 1.63. The Bertz CT molecular complexity index is 455. The van der Waals surface area contributed by atoms with Gasteiger partial charge in [-0.2, -0.15) is 0 Å². The van der Waals surface area contributed by atoms with E-state index in [2.05, 4.69) is 26.2 Å². The average molecular weight is 333 g/mol.